The van der Waals surface area contributed by atoms with Crippen molar-refractivity contribution in [3.05, 3.63) is 39.7 Å². The van der Waals surface area contributed by atoms with Crippen molar-refractivity contribution in [3.8, 4) is 0 Å². The molecule has 0 atom stereocenters. The Morgan fingerprint density at radius 2 is 1.88 bits per heavy atom. The summed E-state index contributed by atoms with van der Waals surface area (Å²) in [5.41, 5.74) is 5.77. The van der Waals surface area contributed by atoms with Gasteiger partial charge in [-0.3, -0.25) is 9.50 Å². The van der Waals surface area contributed by atoms with Crippen LogP contribution >= 0.6 is 12.2 Å². The van der Waals surface area contributed by atoms with Gasteiger partial charge in [-0.2, -0.15) is 5.10 Å². The monoisotopic (exact) mass is 243 g/mol. The van der Waals surface area contributed by atoms with Gasteiger partial charge in [0.05, 0.1) is 5.52 Å². The van der Waals surface area contributed by atoms with E-state index in [4.69, 9.17) is 12.2 Å². The number of benzene rings is 1. The third-order valence-corrected chi connectivity index (χ3v) is 3.41. The highest BCUT2D eigenvalue weighted by Gasteiger charge is 2.09. The summed E-state index contributed by atoms with van der Waals surface area (Å²) in [6.45, 7) is 6.34. The minimum Gasteiger partial charge on any atom is -0.268 e. The van der Waals surface area contributed by atoms with Gasteiger partial charge in [-0.1, -0.05) is 11.6 Å². The summed E-state index contributed by atoms with van der Waals surface area (Å²) < 4.78 is 2.66. The largest absolute Gasteiger partial charge is 0.268 e. The van der Waals surface area contributed by atoms with Gasteiger partial charge in [0.1, 0.15) is 0 Å². The molecule has 0 bridgehead atoms. The first kappa shape index (κ1) is 10.5. The summed E-state index contributed by atoms with van der Waals surface area (Å²) in [4.78, 5) is 0. The Morgan fingerprint density at radius 3 is 2.65 bits per heavy atom. The topological polar surface area (TPSA) is 33.1 Å². The minimum absolute atomic E-state index is 0.650. The number of hydrogen-bond donors (Lipinski definition) is 1. The molecule has 0 saturated heterocycles. The maximum absolute atomic E-state index is 5.30. The van der Waals surface area contributed by atoms with E-state index in [2.05, 4.69) is 49.2 Å². The van der Waals surface area contributed by atoms with E-state index < -0.39 is 0 Å². The predicted molar refractivity (Wildman–Crippen MR) is 72.1 cm³/mol. The standard InChI is InChI=1S/C13H13N3S/c1-7-4-9(3)12-10(5-7)8(2)6-11-14-15-13(17)16(11)12/h4-6H,1-3H3,(H,15,17). The van der Waals surface area contributed by atoms with Crippen molar-refractivity contribution >= 4 is 28.8 Å². The summed E-state index contributed by atoms with van der Waals surface area (Å²) in [7, 11) is 0. The molecule has 2 heterocycles. The molecule has 1 aromatic carbocycles. The molecule has 0 aliphatic heterocycles. The zero-order valence-electron chi connectivity index (χ0n) is 10.0. The van der Waals surface area contributed by atoms with Crippen molar-refractivity contribution in [2.45, 2.75) is 20.8 Å². The van der Waals surface area contributed by atoms with E-state index in [-0.39, 0.29) is 0 Å². The van der Waals surface area contributed by atoms with Gasteiger partial charge in [-0.15, -0.1) is 0 Å². The maximum atomic E-state index is 5.30. The van der Waals surface area contributed by atoms with Crippen molar-refractivity contribution in [1.82, 2.24) is 14.6 Å². The van der Waals surface area contributed by atoms with Gasteiger partial charge in [0.2, 0.25) is 0 Å². The van der Waals surface area contributed by atoms with Crippen LogP contribution in [0.2, 0.25) is 0 Å². The lowest BCUT2D eigenvalue weighted by Gasteiger charge is -2.09. The van der Waals surface area contributed by atoms with Crippen LogP contribution in [0, 0.1) is 25.5 Å². The van der Waals surface area contributed by atoms with E-state index in [1.807, 2.05) is 4.40 Å². The summed E-state index contributed by atoms with van der Waals surface area (Å²) in [5, 5.41) is 8.34. The Kier molecular flexibility index (Phi) is 2.10. The molecular weight excluding hydrogens is 230 g/mol. The molecule has 0 saturated carbocycles. The van der Waals surface area contributed by atoms with Crippen molar-refractivity contribution < 1.29 is 0 Å². The first-order valence-corrected chi connectivity index (χ1v) is 5.96. The summed E-state index contributed by atoms with van der Waals surface area (Å²) in [6.07, 6.45) is 0. The van der Waals surface area contributed by atoms with Crippen LogP contribution in [0.15, 0.2) is 18.2 Å². The molecule has 0 radical (unpaired) electrons. The van der Waals surface area contributed by atoms with Crippen LogP contribution in [0.1, 0.15) is 16.7 Å². The van der Waals surface area contributed by atoms with Gasteiger partial charge in [-0.25, -0.2) is 0 Å². The SMILES string of the molecule is Cc1cc(C)c2c(c1)c(C)cc1n[nH]c(=S)n12. The average Bonchev–Trinajstić information content (AvgIpc) is 2.60. The lowest BCUT2D eigenvalue weighted by atomic mass is 10.0. The third kappa shape index (κ3) is 1.41. The number of nitrogens with one attached hydrogen (secondary N) is 1. The normalized spacial score (nSPS) is 11.5. The fourth-order valence-electron chi connectivity index (χ4n) is 2.45. The number of hydrogen-bond acceptors (Lipinski definition) is 2. The molecule has 0 unspecified atom stereocenters. The zero-order chi connectivity index (χ0) is 12.2. The molecule has 2 aromatic heterocycles. The van der Waals surface area contributed by atoms with Crippen LogP contribution in [0.5, 0.6) is 0 Å². The van der Waals surface area contributed by atoms with Crippen molar-refractivity contribution in [2.75, 3.05) is 0 Å². The van der Waals surface area contributed by atoms with Crippen molar-refractivity contribution in [1.29, 1.82) is 0 Å². The van der Waals surface area contributed by atoms with Crippen LogP contribution in [0.4, 0.5) is 0 Å². The van der Waals surface area contributed by atoms with E-state index in [1.165, 1.54) is 22.1 Å². The number of H-pyrrole nitrogens is 1. The molecule has 0 aliphatic rings. The first-order valence-electron chi connectivity index (χ1n) is 5.55. The lowest BCUT2D eigenvalue weighted by molar-refractivity contribution is 1.08. The molecule has 86 valence electrons. The number of fused-ring (bicyclic) bond motifs is 3. The molecule has 3 nitrogen and oxygen atoms in total. The van der Waals surface area contributed by atoms with Crippen LogP contribution < -0.4 is 0 Å². The Morgan fingerprint density at radius 1 is 1.12 bits per heavy atom. The van der Waals surface area contributed by atoms with Gasteiger partial charge in [0.15, 0.2) is 10.4 Å². The first-order chi connectivity index (χ1) is 8.08. The Bertz CT molecular complexity index is 796. The molecule has 1 N–H and O–H groups in total. The Balaban J connectivity index is 2.73. The average molecular weight is 243 g/mol. The number of nitrogens with zero attached hydrogens (tertiary/aromatic N) is 2. The molecule has 0 aliphatic carbocycles. The quantitative estimate of drug-likeness (QED) is 0.613. The van der Waals surface area contributed by atoms with Gasteiger partial charge in [-0.05, 0) is 56.2 Å². The smallest absolute Gasteiger partial charge is 0.200 e. The van der Waals surface area contributed by atoms with Crippen LogP contribution in [0.3, 0.4) is 0 Å². The molecule has 0 amide bonds. The highest BCUT2D eigenvalue weighted by Crippen LogP contribution is 2.25. The van der Waals surface area contributed by atoms with Crippen LogP contribution in [-0.4, -0.2) is 14.6 Å². The highest BCUT2D eigenvalue weighted by molar-refractivity contribution is 7.71. The number of aromatic amines is 1. The van der Waals surface area contributed by atoms with E-state index in [0.717, 1.165) is 11.2 Å². The van der Waals surface area contributed by atoms with Gasteiger partial charge < -0.3 is 0 Å². The van der Waals surface area contributed by atoms with E-state index in [0.29, 0.717) is 4.77 Å². The van der Waals surface area contributed by atoms with Gasteiger partial charge in [0, 0.05) is 5.39 Å². The van der Waals surface area contributed by atoms with E-state index in [1.54, 1.807) is 0 Å². The Labute approximate surface area is 104 Å². The molecule has 0 spiro atoms. The minimum atomic E-state index is 0.650. The second kappa shape index (κ2) is 3.40. The fraction of sp³-hybridized carbons (Fsp3) is 0.231. The fourth-order valence-corrected chi connectivity index (χ4v) is 2.68. The van der Waals surface area contributed by atoms with Crippen molar-refractivity contribution in [3.63, 3.8) is 0 Å². The van der Waals surface area contributed by atoms with Crippen LogP contribution in [0.25, 0.3) is 16.6 Å². The summed E-state index contributed by atoms with van der Waals surface area (Å²) in [6, 6.07) is 6.44. The number of aromatic nitrogens is 3. The van der Waals surface area contributed by atoms with Crippen molar-refractivity contribution in [2.24, 2.45) is 0 Å². The zero-order valence-corrected chi connectivity index (χ0v) is 10.9. The van der Waals surface area contributed by atoms with Gasteiger partial charge >= 0.3 is 0 Å². The molecule has 0 fully saturated rings. The summed E-state index contributed by atoms with van der Waals surface area (Å²) >= 11 is 5.30. The lowest BCUT2D eigenvalue weighted by Crippen LogP contribution is -1.95. The second-order valence-electron chi connectivity index (χ2n) is 4.53. The number of aryl methyl sites for hydroxylation is 3. The predicted octanol–water partition coefficient (Wildman–Crippen LogP) is 3.47. The molecular formula is C13H13N3S. The molecule has 3 rings (SSSR count). The van der Waals surface area contributed by atoms with Gasteiger partial charge in [0.25, 0.3) is 0 Å². The molecule has 17 heavy (non-hydrogen) atoms. The number of rotatable bonds is 0. The second-order valence-corrected chi connectivity index (χ2v) is 4.91. The van der Waals surface area contributed by atoms with Crippen LogP contribution in [-0.2, 0) is 0 Å². The number of pyridine rings is 1. The van der Waals surface area contributed by atoms with E-state index in [9.17, 15) is 0 Å². The van der Waals surface area contributed by atoms with E-state index >= 15 is 0 Å². The maximum Gasteiger partial charge on any atom is 0.200 e. The molecule has 4 heteroatoms. The third-order valence-electron chi connectivity index (χ3n) is 3.14. The Hall–Kier alpha value is -1.68. The molecule has 3 aromatic rings. The summed E-state index contributed by atoms with van der Waals surface area (Å²) in [5.74, 6) is 0. The highest BCUT2D eigenvalue weighted by atomic mass is 32.1.